The van der Waals surface area contributed by atoms with Crippen molar-refractivity contribution in [2.45, 2.75) is 71.1 Å². The van der Waals surface area contributed by atoms with E-state index >= 15 is 0 Å². The Morgan fingerprint density at radius 3 is 2.61 bits per heavy atom. The highest BCUT2D eigenvalue weighted by Crippen LogP contribution is 2.52. The second-order valence-corrected chi connectivity index (χ2v) is 7.17. The molecule has 3 saturated carbocycles. The average molecular weight is 248 g/mol. The van der Waals surface area contributed by atoms with Gasteiger partial charge in [-0.2, -0.15) is 0 Å². The lowest BCUT2D eigenvalue weighted by Crippen LogP contribution is -2.41. The highest BCUT2D eigenvalue weighted by molar-refractivity contribution is 5.79. The van der Waals surface area contributed by atoms with E-state index in [0.29, 0.717) is 5.78 Å². The number of carbonyl (C=O) groups is 1. The molecular weight excluding hydrogens is 220 g/mol. The zero-order valence-corrected chi connectivity index (χ0v) is 11.9. The third kappa shape index (κ3) is 2.38. The maximum atomic E-state index is 11.6. The molecule has 5 atom stereocenters. The molecule has 0 heterocycles. The molecule has 1 nitrogen and oxygen atoms in total. The van der Waals surface area contributed by atoms with Gasteiger partial charge in [-0.3, -0.25) is 4.79 Å². The quantitative estimate of drug-likeness (QED) is 0.698. The predicted octanol–water partition coefficient (Wildman–Crippen LogP) is 4.60. The third-order valence-corrected chi connectivity index (χ3v) is 6.16. The number of carbonyl (C=O) groups excluding carboxylic acids is 1. The molecule has 5 unspecified atom stereocenters. The number of hydrogen-bond donors (Lipinski definition) is 0. The Morgan fingerprint density at radius 2 is 1.78 bits per heavy atom. The molecule has 102 valence electrons. The molecule has 1 heteroatoms. The van der Waals surface area contributed by atoms with Crippen molar-refractivity contribution in [2.24, 2.45) is 29.6 Å². The van der Waals surface area contributed by atoms with Crippen LogP contribution in [0, 0.1) is 29.6 Å². The van der Waals surface area contributed by atoms with Gasteiger partial charge in [0.05, 0.1) is 0 Å². The van der Waals surface area contributed by atoms with Crippen molar-refractivity contribution in [3.05, 3.63) is 0 Å². The minimum Gasteiger partial charge on any atom is -0.300 e. The third-order valence-electron chi connectivity index (χ3n) is 6.16. The van der Waals surface area contributed by atoms with Crippen molar-refractivity contribution in [3.8, 4) is 0 Å². The van der Waals surface area contributed by atoms with Crippen LogP contribution in [0.1, 0.15) is 71.1 Å². The van der Waals surface area contributed by atoms with Crippen molar-refractivity contribution in [1.29, 1.82) is 0 Å². The summed E-state index contributed by atoms with van der Waals surface area (Å²) in [5.41, 5.74) is 0. The lowest BCUT2D eigenvalue weighted by Gasteiger charge is -2.49. The summed E-state index contributed by atoms with van der Waals surface area (Å²) in [7, 11) is 0. The van der Waals surface area contributed by atoms with E-state index in [9.17, 15) is 4.79 Å². The molecule has 0 bridgehead atoms. The molecule has 0 saturated heterocycles. The Labute approximate surface area is 112 Å². The monoisotopic (exact) mass is 248 g/mol. The minimum atomic E-state index is 0.550. The fourth-order valence-corrected chi connectivity index (χ4v) is 5.37. The van der Waals surface area contributed by atoms with Crippen molar-refractivity contribution < 1.29 is 4.79 Å². The first-order valence-corrected chi connectivity index (χ1v) is 8.29. The minimum absolute atomic E-state index is 0.550. The van der Waals surface area contributed by atoms with Gasteiger partial charge in [-0.15, -0.1) is 0 Å². The molecule has 3 aliphatic rings. The van der Waals surface area contributed by atoms with Crippen molar-refractivity contribution in [2.75, 3.05) is 0 Å². The first kappa shape index (κ1) is 12.7. The molecule has 0 aliphatic heterocycles. The van der Waals surface area contributed by atoms with Crippen molar-refractivity contribution >= 4 is 5.78 Å². The van der Waals surface area contributed by atoms with Gasteiger partial charge < -0.3 is 0 Å². The number of fused-ring (bicyclic) bond motifs is 3. The van der Waals surface area contributed by atoms with Gasteiger partial charge in [-0.25, -0.2) is 0 Å². The van der Waals surface area contributed by atoms with Crippen LogP contribution in [-0.4, -0.2) is 5.78 Å². The Hall–Kier alpha value is -0.330. The highest BCUT2D eigenvalue weighted by Gasteiger charge is 2.43. The lowest BCUT2D eigenvalue weighted by molar-refractivity contribution is -0.125. The van der Waals surface area contributed by atoms with E-state index in [1.165, 1.54) is 51.4 Å². The first-order chi connectivity index (χ1) is 8.78. The Morgan fingerprint density at radius 1 is 1.00 bits per heavy atom. The van der Waals surface area contributed by atoms with Crippen LogP contribution in [-0.2, 0) is 4.79 Å². The summed E-state index contributed by atoms with van der Waals surface area (Å²) in [6, 6.07) is 0. The van der Waals surface area contributed by atoms with E-state index in [0.717, 1.165) is 42.4 Å². The Balaban J connectivity index is 1.64. The van der Waals surface area contributed by atoms with Crippen LogP contribution in [0.5, 0.6) is 0 Å². The van der Waals surface area contributed by atoms with Gasteiger partial charge in [-0.05, 0) is 61.7 Å². The maximum absolute atomic E-state index is 11.6. The maximum Gasteiger partial charge on any atom is 0.133 e. The largest absolute Gasteiger partial charge is 0.300 e. The summed E-state index contributed by atoms with van der Waals surface area (Å²) in [5, 5.41) is 0. The Kier molecular flexibility index (Phi) is 3.77. The molecule has 0 amide bonds. The zero-order valence-electron chi connectivity index (χ0n) is 11.9. The van der Waals surface area contributed by atoms with Gasteiger partial charge in [-0.1, -0.05) is 26.2 Å². The SMILES string of the molecule is CCCC1CCC2C(CCC3CC(=O)CCC32)C1. The van der Waals surface area contributed by atoms with E-state index in [2.05, 4.69) is 6.92 Å². The van der Waals surface area contributed by atoms with Crippen molar-refractivity contribution in [1.82, 2.24) is 0 Å². The van der Waals surface area contributed by atoms with Crippen molar-refractivity contribution in [3.63, 3.8) is 0 Å². The normalized spacial score (nSPS) is 44.3. The van der Waals surface area contributed by atoms with E-state index in [4.69, 9.17) is 0 Å². The summed E-state index contributed by atoms with van der Waals surface area (Å²) in [4.78, 5) is 11.6. The fraction of sp³-hybridized carbons (Fsp3) is 0.941. The van der Waals surface area contributed by atoms with Gasteiger partial charge in [0.1, 0.15) is 5.78 Å². The summed E-state index contributed by atoms with van der Waals surface area (Å²) in [6.45, 7) is 2.33. The summed E-state index contributed by atoms with van der Waals surface area (Å²) in [5.74, 6) is 5.28. The number of ketones is 1. The molecule has 0 N–H and O–H groups in total. The second-order valence-electron chi connectivity index (χ2n) is 7.17. The lowest BCUT2D eigenvalue weighted by atomic mass is 9.56. The molecule has 3 fully saturated rings. The number of hydrogen-bond acceptors (Lipinski definition) is 1. The van der Waals surface area contributed by atoms with Crippen LogP contribution in [0.15, 0.2) is 0 Å². The fourth-order valence-electron chi connectivity index (χ4n) is 5.37. The van der Waals surface area contributed by atoms with Crippen LogP contribution in [0.25, 0.3) is 0 Å². The summed E-state index contributed by atoms with van der Waals surface area (Å²) < 4.78 is 0. The van der Waals surface area contributed by atoms with Crippen LogP contribution in [0.2, 0.25) is 0 Å². The van der Waals surface area contributed by atoms with Crippen LogP contribution in [0.3, 0.4) is 0 Å². The van der Waals surface area contributed by atoms with Crippen LogP contribution < -0.4 is 0 Å². The first-order valence-electron chi connectivity index (χ1n) is 8.29. The second kappa shape index (κ2) is 5.35. The molecule has 0 aromatic carbocycles. The smallest absolute Gasteiger partial charge is 0.133 e. The molecule has 18 heavy (non-hydrogen) atoms. The predicted molar refractivity (Wildman–Crippen MR) is 74.3 cm³/mol. The standard InChI is InChI=1S/C17H28O/c1-2-3-12-4-8-16-13(10-12)5-6-14-11-15(18)7-9-17(14)16/h12-14,16-17H,2-11H2,1H3. The van der Waals surface area contributed by atoms with E-state index < -0.39 is 0 Å². The van der Waals surface area contributed by atoms with Crippen LogP contribution >= 0.6 is 0 Å². The van der Waals surface area contributed by atoms with E-state index in [-0.39, 0.29) is 0 Å². The van der Waals surface area contributed by atoms with Gasteiger partial charge >= 0.3 is 0 Å². The van der Waals surface area contributed by atoms with Gasteiger partial charge in [0, 0.05) is 12.8 Å². The average Bonchev–Trinajstić information content (AvgIpc) is 2.38. The van der Waals surface area contributed by atoms with E-state index in [1.54, 1.807) is 0 Å². The van der Waals surface area contributed by atoms with Gasteiger partial charge in [0.2, 0.25) is 0 Å². The number of rotatable bonds is 2. The Bertz CT molecular complexity index is 309. The van der Waals surface area contributed by atoms with Crippen LogP contribution in [0.4, 0.5) is 0 Å². The molecule has 0 aromatic rings. The molecule has 3 aliphatic carbocycles. The molecular formula is C17H28O. The molecule has 0 radical (unpaired) electrons. The van der Waals surface area contributed by atoms with Gasteiger partial charge in [0.25, 0.3) is 0 Å². The topological polar surface area (TPSA) is 17.1 Å². The molecule has 0 aromatic heterocycles. The summed E-state index contributed by atoms with van der Waals surface area (Å²) >= 11 is 0. The highest BCUT2D eigenvalue weighted by atomic mass is 16.1. The summed E-state index contributed by atoms with van der Waals surface area (Å²) in [6.07, 6.45) is 13.1. The molecule has 0 spiro atoms. The van der Waals surface area contributed by atoms with Gasteiger partial charge in [0.15, 0.2) is 0 Å². The number of Topliss-reactive ketones (excluding diaryl/α,β-unsaturated/α-hetero) is 1. The zero-order chi connectivity index (χ0) is 12.5. The molecule has 3 rings (SSSR count). The van der Waals surface area contributed by atoms with E-state index in [1.807, 2.05) is 0 Å².